The standard InChI is InChI=1S/C15H12N4O/c20-15(19-13-3-1-2-8-16-13)12-6-4-11(5-7-12)14-17-9-10-18-14/h1-10H,(H,17,18)(H,16,19,20). The third-order valence-corrected chi connectivity index (χ3v) is 2.83. The van der Waals surface area contributed by atoms with Crippen LogP contribution >= 0.6 is 0 Å². The predicted molar refractivity (Wildman–Crippen MR) is 76.2 cm³/mol. The zero-order chi connectivity index (χ0) is 13.8. The van der Waals surface area contributed by atoms with E-state index in [1.54, 1.807) is 42.9 Å². The molecule has 0 bridgehead atoms. The summed E-state index contributed by atoms with van der Waals surface area (Å²) in [6.45, 7) is 0. The summed E-state index contributed by atoms with van der Waals surface area (Å²) in [5.41, 5.74) is 1.51. The Balaban J connectivity index is 1.76. The second kappa shape index (κ2) is 5.36. The second-order valence-electron chi connectivity index (χ2n) is 4.18. The number of carbonyl (C=O) groups excluding carboxylic acids is 1. The van der Waals surface area contributed by atoms with Crippen LogP contribution in [0.2, 0.25) is 0 Å². The minimum atomic E-state index is -0.185. The average molecular weight is 264 g/mol. The molecule has 1 amide bonds. The SMILES string of the molecule is O=C(Nc1ccccn1)c1ccc(-c2ncc[nH]2)cc1. The highest BCUT2D eigenvalue weighted by molar-refractivity contribution is 6.03. The van der Waals surface area contributed by atoms with Crippen molar-refractivity contribution < 1.29 is 4.79 Å². The van der Waals surface area contributed by atoms with Gasteiger partial charge in [0.2, 0.25) is 0 Å². The molecule has 5 heteroatoms. The Hall–Kier alpha value is -2.95. The molecule has 2 N–H and O–H groups in total. The third kappa shape index (κ3) is 2.56. The molecule has 0 aliphatic carbocycles. The van der Waals surface area contributed by atoms with Crippen molar-refractivity contribution in [2.75, 3.05) is 5.32 Å². The van der Waals surface area contributed by atoms with E-state index >= 15 is 0 Å². The molecule has 0 spiro atoms. The molecule has 3 aromatic rings. The summed E-state index contributed by atoms with van der Waals surface area (Å²) in [5, 5.41) is 2.74. The minimum absolute atomic E-state index is 0.185. The van der Waals surface area contributed by atoms with Crippen molar-refractivity contribution in [1.29, 1.82) is 0 Å². The van der Waals surface area contributed by atoms with Gasteiger partial charge < -0.3 is 10.3 Å². The molecule has 5 nitrogen and oxygen atoms in total. The van der Waals surface area contributed by atoms with Crippen LogP contribution < -0.4 is 5.32 Å². The van der Waals surface area contributed by atoms with Crippen LogP contribution in [0.15, 0.2) is 61.1 Å². The van der Waals surface area contributed by atoms with Crippen LogP contribution in [-0.4, -0.2) is 20.9 Å². The largest absolute Gasteiger partial charge is 0.345 e. The van der Waals surface area contributed by atoms with Crippen LogP contribution in [0.5, 0.6) is 0 Å². The van der Waals surface area contributed by atoms with E-state index in [1.807, 2.05) is 18.2 Å². The van der Waals surface area contributed by atoms with E-state index in [-0.39, 0.29) is 5.91 Å². The number of imidazole rings is 1. The molecule has 2 heterocycles. The first-order valence-electron chi connectivity index (χ1n) is 6.15. The highest BCUT2D eigenvalue weighted by Crippen LogP contribution is 2.15. The van der Waals surface area contributed by atoms with Gasteiger partial charge in [-0.05, 0) is 24.3 Å². The highest BCUT2D eigenvalue weighted by atomic mass is 16.1. The van der Waals surface area contributed by atoms with Crippen LogP contribution in [0.25, 0.3) is 11.4 Å². The number of amides is 1. The Morgan fingerprint density at radius 3 is 2.50 bits per heavy atom. The number of hydrogen-bond donors (Lipinski definition) is 2. The van der Waals surface area contributed by atoms with E-state index in [0.29, 0.717) is 11.4 Å². The Labute approximate surface area is 115 Å². The van der Waals surface area contributed by atoms with E-state index in [0.717, 1.165) is 11.4 Å². The van der Waals surface area contributed by atoms with E-state index < -0.39 is 0 Å². The number of nitrogens with zero attached hydrogens (tertiary/aromatic N) is 2. The van der Waals surface area contributed by atoms with Crippen molar-refractivity contribution in [3.63, 3.8) is 0 Å². The van der Waals surface area contributed by atoms with Crippen molar-refractivity contribution in [3.05, 3.63) is 66.6 Å². The van der Waals surface area contributed by atoms with Gasteiger partial charge in [0.15, 0.2) is 0 Å². The molecule has 0 aliphatic heterocycles. The topological polar surface area (TPSA) is 70.7 Å². The lowest BCUT2D eigenvalue weighted by atomic mass is 10.1. The molecular weight excluding hydrogens is 252 g/mol. The predicted octanol–water partition coefficient (Wildman–Crippen LogP) is 2.72. The van der Waals surface area contributed by atoms with E-state index in [2.05, 4.69) is 20.3 Å². The molecule has 20 heavy (non-hydrogen) atoms. The van der Waals surface area contributed by atoms with Gasteiger partial charge in [-0.25, -0.2) is 9.97 Å². The molecule has 0 saturated heterocycles. The molecule has 98 valence electrons. The quantitative estimate of drug-likeness (QED) is 0.764. The van der Waals surface area contributed by atoms with Gasteiger partial charge in [-0.1, -0.05) is 18.2 Å². The molecule has 2 aromatic heterocycles. The third-order valence-electron chi connectivity index (χ3n) is 2.83. The van der Waals surface area contributed by atoms with Crippen LogP contribution in [0, 0.1) is 0 Å². The molecule has 1 aromatic carbocycles. The fourth-order valence-electron chi connectivity index (χ4n) is 1.83. The smallest absolute Gasteiger partial charge is 0.256 e. The fourth-order valence-corrected chi connectivity index (χ4v) is 1.83. The molecule has 0 fully saturated rings. The normalized spacial score (nSPS) is 10.2. The Bertz CT molecular complexity index is 691. The molecule has 0 atom stereocenters. The summed E-state index contributed by atoms with van der Waals surface area (Å²) in [6, 6.07) is 12.6. The van der Waals surface area contributed by atoms with E-state index in [9.17, 15) is 4.79 Å². The lowest BCUT2D eigenvalue weighted by Crippen LogP contribution is -2.12. The van der Waals surface area contributed by atoms with Gasteiger partial charge in [0.1, 0.15) is 11.6 Å². The summed E-state index contributed by atoms with van der Waals surface area (Å²) in [5.74, 6) is 1.13. The summed E-state index contributed by atoms with van der Waals surface area (Å²) >= 11 is 0. The maximum atomic E-state index is 12.0. The molecular formula is C15H12N4O. The summed E-state index contributed by atoms with van der Waals surface area (Å²) in [7, 11) is 0. The number of benzene rings is 1. The number of H-pyrrole nitrogens is 1. The Morgan fingerprint density at radius 1 is 1.00 bits per heavy atom. The van der Waals surface area contributed by atoms with Gasteiger partial charge >= 0.3 is 0 Å². The zero-order valence-electron chi connectivity index (χ0n) is 10.6. The molecule has 0 aliphatic rings. The van der Waals surface area contributed by atoms with Crippen molar-refractivity contribution in [2.24, 2.45) is 0 Å². The van der Waals surface area contributed by atoms with Crippen LogP contribution in [0.4, 0.5) is 5.82 Å². The van der Waals surface area contributed by atoms with Gasteiger partial charge in [-0.2, -0.15) is 0 Å². The van der Waals surface area contributed by atoms with Gasteiger partial charge in [-0.3, -0.25) is 4.79 Å². The van der Waals surface area contributed by atoms with Gasteiger partial charge in [0, 0.05) is 29.7 Å². The molecule has 0 radical (unpaired) electrons. The number of nitrogens with one attached hydrogen (secondary N) is 2. The maximum Gasteiger partial charge on any atom is 0.256 e. The van der Waals surface area contributed by atoms with E-state index in [4.69, 9.17) is 0 Å². The molecule has 0 unspecified atom stereocenters. The van der Waals surface area contributed by atoms with Gasteiger partial charge in [-0.15, -0.1) is 0 Å². The van der Waals surface area contributed by atoms with Crippen molar-refractivity contribution in [1.82, 2.24) is 15.0 Å². The van der Waals surface area contributed by atoms with E-state index in [1.165, 1.54) is 0 Å². The van der Waals surface area contributed by atoms with Crippen molar-refractivity contribution >= 4 is 11.7 Å². The maximum absolute atomic E-state index is 12.0. The summed E-state index contributed by atoms with van der Waals surface area (Å²) in [4.78, 5) is 23.3. The number of rotatable bonds is 3. The number of anilines is 1. The Morgan fingerprint density at radius 2 is 1.85 bits per heavy atom. The van der Waals surface area contributed by atoms with Crippen LogP contribution in [0.3, 0.4) is 0 Å². The number of hydrogen-bond acceptors (Lipinski definition) is 3. The van der Waals surface area contributed by atoms with Crippen LogP contribution in [-0.2, 0) is 0 Å². The van der Waals surface area contributed by atoms with Gasteiger partial charge in [0.05, 0.1) is 0 Å². The monoisotopic (exact) mass is 264 g/mol. The number of aromatic nitrogens is 3. The first kappa shape index (κ1) is 12.1. The first-order chi connectivity index (χ1) is 9.83. The lowest BCUT2D eigenvalue weighted by molar-refractivity contribution is 0.102. The van der Waals surface area contributed by atoms with Gasteiger partial charge in [0.25, 0.3) is 5.91 Å². The number of carbonyl (C=O) groups is 1. The average Bonchev–Trinajstić information content (AvgIpc) is 3.03. The van der Waals surface area contributed by atoms with Crippen LogP contribution in [0.1, 0.15) is 10.4 Å². The van der Waals surface area contributed by atoms with Crippen molar-refractivity contribution in [3.8, 4) is 11.4 Å². The second-order valence-corrected chi connectivity index (χ2v) is 4.18. The van der Waals surface area contributed by atoms with Crippen molar-refractivity contribution in [2.45, 2.75) is 0 Å². The zero-order valence-corrected chi connectivity index (χ0v) is 10.6. The minimum Gasteiger partial charge on any atom is -0.345 e. The number of aromatic amines is 1. The fraction of sp³-hybridized carbons (Fsp3) is 0. The number of pyridine rings is 1. The molecule has 3 rings (SSSR count). The molecule has 0 saturated carbocycles. The first-order valence-corrected chi connectivity index (χ1v) is 6.15. The highest BCUT2D eigenvalue weighted by Gasteiger charge is 2.07. The summed E-state index contributed by atoms with van der Waals surface area (Å²) < 4.78 is 0. The summed E-state index contributed by atoms with van der Waals surface area (Å²) in [6.07, 6.45) is 5.09. The lowest BCUT2D eigenvalue weighted by Gasteiger charge is -2.04. The Kier molecular flexibility index (Phi) is 3.24.